The monoisotopic (exact) mass is 379 g/mol. The van der Waals surface area contributed by atoms with Gasteiger partial charge < -0.3 is 0 Å². The van der Waals surface area contributed by atoms with Crippen LogP contribution in [0.25, 0.3) is 33.6 Å². The molecule has 28 heavy (non-hydrogen) atoms. The van der Waals surface area contributed by atoms with E-state index in [2.05, 4.69) is 43.7 Å². The van der Waals surface area contributed by atoms with Gasteiger partial charge in [0.2, 0.25) is 11.3 Å². The maximum absolute atomic E-state index is 4.27. The maximum atomic E-state index is 4.27. The average Bonchev–Trinajstić information content (AvgIpc) is 3.50. The van der Waals surface area contributed by atoms with Gasteiger partial charge in [-0.05, 0) is 18.6 Å². The first-order valence-corrected chi connectivity index (χ1v) is 9.71. The Kier molecular flexibility index (Phi) is 5.93. The van der Waals surface area contributed by atoms with Gasteiger partial charge >= 0.3 is 0 Å². The minimum Gasteiger partial charge on any atom is -0.277 e. The molecule has 0 saturated heterocycles. The number of nitrogens with zero attached hydrogens (tertiary/aromatic N) is 9. The van der Waals surface area contributed by atoms with Crippen molar-refractivity contribution in [1.29, 1.82) is 0 Å². The van der Waals surface area contributed by atoms with E-state index in [1.54, 1.807) is 12.7 Å². The van der Waals surface area contributed by atoms with E-state index in [1.165, 1.54) is 0 Å². The molecule has 0 unspecified atom stereocenters. The average molecular weight is 379 g/mol. The number of benzene rings is 1. The number of aryl methyl sites for hydroxylation is 1. The second-order valence-corrected chi connectivity index (χ2v) is 5.62. The summed E-state index contributed by atoms with van der Waals surface area (Å²) in [5, 5.41) is 24.7. The van der Waals surface area contributed by atoms with Crippen LogP contribution in [0.4, 0.5) is 0 Å². The summed E-state index contributed by atoms with van der Waals surface area (Å²) < 4.78 is 5.69. The van der Waals surface area contributed by atoms with Crippen LogP contribution in [0.3, 0.4) is 0 Å². The van der Waals surface area contributed by atoms with Gasteiger partial charge in [0.05, 0.1) is 17.2 Å². The lowest BCUT2D eigenvalue weighted by molar-refractivity contribution is 0.579. The third-order valence-electron chi connectivity index (χ3n) is 4.08. The van der Waals surface area contributed by atoms with Gasteiger partial charge in [0.15, 0.2) is 0 Å². The first-order valence-electron chi connectivity index (χ1n) is 9.71. The molecule has 5 rings (SSSR count). The van der Waals surface area contributed by atoms with Gasteiger partial charge in [-0.15, -0.1) is 25.5 Å². The molecule has 5 aromatic rings. The summed E-state index contributed by atoms with van der Waals surface area (Å²) in [5.41, 5.74) is 5.13. The van der Waals surface area contributed by atoms with Crippen molar-refractivity contribution >= 4 is 22.3 Å². The van der Waals surface area contributed by atoms with Gasteiger partial charge in [-0.3, -0.25) is 13.5 Å². The van der Waals surface area contributed by atoms with Crippen LogP contribution in [0.15, 0.2) is 37.1 Å². The highest BCUT2D eigenvalue weighted by Crippen LogP contribution is 2.25. The molecule has 0 atom stereocenters. The topological polar surface area (TPSA) is 91.1 Å². The summed E-state index contributed by atoms with van der Waals surface area (Å²) in [4.78, 5) is 0. The molecule has 0 spiro atoms. The molecule has 1 aromatic carbocycles. The summed E-state index contributed by atoms with van der Waals surface area (Å²) in [7, 11) is 0. The fourth-order valence-electron chi connectivity index (χ4n) is 2.98. The molecule has 0 saturated carbocycles. The molecular weight excluding hydrogens is 354 g/mol. The van der Waals surface area contributed by atoms with Crippen molar-refractivity contribution < 1.29 is 0 Å². The normalized spacial score (nSPS) is 10.6. The third-order valence-corrected chi connectivity index (χ3v) is 4.08. The van der Waals surface area contributed by atoms with E-state index in [1.807, 2.05) is 59.5 Å². The number of aromatic nitrogens is 9. The Bertz CT molecular complexity index is 1180. The minimum atomic E-state index is 0.673. The van der Waals surface area contributed by atoms with Crippen molar-refractivity contribution in [2.75, 3.05) is 0 Å². The highest BCUT2D eigenvalue weighted by Gasteiger charge is 2.13. The van der Waals surface area contributed by atoms with Crippen LogP contribution in [-0.2, 0) is 6.54 Å². The van der Waals surface area contributed by atoms with Crippen LogP contribution < -0.4 is 0 Å². The smallest absolute Gasteiger partial charge is 0.206 e. The Morgan fingerprint density at radius 2 is 1.46 bits per heavy atom. The summed E-state index contributed by atoms with van der Waals surface area (Å²) in [5.74, 6) is 0. The second kappa shape index (κ2) is 8.55. The quantitative estimate of drug-likeness (QED) is 0.475. The fourth-order valence-corrected chi connectivity index (χ4v) is 2.98. The van der Waals surface area contributed by atoms with Crippen molar-refractivity contribution in [2.45, 2.75) is 47.6 Å². The van der Waals surface area contributed by atoms with Crippen molar-refractivity contribution in [1.82, 2.24) is 44.2 Å². The predicted octanol–water partition coefficient (Wildman–Crippen LogP) is 3.65. The Morgan fingerprint density at radius 3 is 2.11 bits per heavy atom. The largest absolute Gasteiger partial charge is 0.277 e. The van der Waals surface area contributed by atoms with E-state index in [9.17, 15) is 0 Å². The van der Waals surface area contributed by atoms with Gasteiger partial charge in [0, 0.05) is 12.1 Å². The number of fused-ring (bicyclic) bond motifs is 6. The molecule has 0 aliphatic heterocycles. The molecule has 0 aliphatic carbocycles. The lowest BCUT2D eigenvalue weighted by Crippen LogP contribution is -1.96. The van der Waals surface area contributed by atoms with Gasteiger partial charge in [-0.2, -0.15) is 0 Å². The Labute approximate surface area is 163 Å². The van der Waals surface area contributed by atoms with Gasteiger partial charge in [-0.25, -0.2) is 0 Å². The number of hydrogen-bond donors (Lipinski definition) is 0. The molecule has 0 aliphatic rings. The van der Waals surface area contributed by atoms with Gasteiger partial charge in [0.1, 0.15) is 18.3 Å². The molecule has 9 nitrogen and oxygen atoms in total. The number of hydrogen-bond acceptors (Lipinski definition) is 6. The zero-order valence-electron chi connectivity index (χ0n) is 16.9. The first kappa shape index (κ1) is 19.4. The molecule has 0 bridgehead atoms. The van der Waals surface area contributed by atoms with E-state index in [-0.39, 0.29) is 0 Å². The van der Waals surface area contributed by atoms with Crippen LogP contribution in [0.1, 0.15) is 41.0 Å². The number of rotatable bonds is 3. The molecule has 0 amide bonds. The van der Waals surface area contributed by atoms with E-state index in [4.69, 9.17) is 0 Å². The van der Waals surface area contributed by atoms with E-state index in [0.29, 0.717) is 11.3 Å². The van der Waals surface area contributed by atoms with Gasteiger partial charge in [0.25, 0.3) is 0 Å². The molecule has 4 aromatic heterocycles. The zero-order chi connectivity index (χ0) is 20.1. The van der Waals surface area contributed by atoms with Crippen LogP contribution in [0.5, 0.6) is 0 Å². The summed E-state index contributed by atoms with van der Waals surface area (Å²) in [6.45, 7) is 11.0. The van der Waals surface area contributed by atoms with E-state index < -0.39 is 0 Å². The Balaban J connectivity index is 0.000000531. The highest BCUT2D eigenvalue weighted by atomic mass is 15.4. The standard InChI is InChI=1S/C15H13N9.2C2H6/c1-2-5-22-7-11(18-21-22)10-3-4-12-13(6-10)24-9-17-20-15(24)14-19-16-8-23(12)14;2*1-2/h3-4,6-9H,2,5H2,1H3;2*1-2H3. The Hall–Kier alpha value is -3.36. The molecule has 0 N–H and O–H groups in total. The van der Waals surface area contributed by atoms with Crippen molar-refractivity contribution in [2.24, 2.45) is 0 Å². The van der Waals surface area contributed by atoms with Crippen molar-refractivity contribution in [3.8, 4) is 11.3 Å². The third kappa shape index (κ3) is 3.19. The lowest BCUT2D eigenvalue weighted by Gasteiger charge is -2.06. The summed E-state index contributed by atoms with van der Waals surface area (Å²) in [6.07, 6.45) is 6.35. The molecular formula is C19H25N9. The first-order chi connectivity index (χ1) is 13.8. The van der Waals surface area contributed by atoms with Gasteiger partial charge in [-0.1, -0.05) is 45.9 Å². The summed E-state index contributed by atoms with van der Waals surface area (Å²) >= 11 is 0. The van der Waals surface area contributed by atoms with E-state index in [0.717, 1.165) is 35.3 Å². The van der Waals surface area contributed by atoms with E-state index >= 15 is 0 Å². The lowest BCUT2D eigenvalue weighted by atomic mass is 10.1. The fraction of sp³-hybridized carbons (Fsp3) is 0.368. The highest BCUT2D eigenvalue weighted by molar-refractivity contribution is 5.87. The second-order valence-electron chi connectivity index (χ2n) is 5.62. The van der Waals surface area contributed by atoms with Crippen molar-refractivity contribution in [3.05, 3.63) is 37.1 Å². The predicted molar refractivity (Wildman–Crippen MR) is 109 cm³/mol. The van der Waals surface area contributed by atoms with Crippen LogP contribution >= 0.6 is 0 Å². The minimum absolute atomic E-state index is 0.673. The SMILES string of the molecule is CC.CC.CCCn1cc(-c2ccc3c(c2)n2cnnc2c2nncn32)nn1. The van der Waals surface area contributed by atoms with Crippen LogP contribution in [-0.4, -0.2) is 44.2 Å². The maximum Gasteiger partial charge on any atom is 0.206 e. The Morgan fingerprint density at radius 1 is 0.821 bits per heavy atom. The zero-order valence-corrected chi connectivity index (χ0v) is 16.9. The van der Waals surface area contributed by atoms with Crippen LogP contribution in [0, 0.1) is 0 Å². The molecule has 4 heterocycles. The van der Waals surface area contributed by atoms with Crippen molar-refractivity contribution in [3.63, 3.8) is 0 Å². The summed E-state index contributed by atoms with van der Waals surface area (Å²) in [6, 6.07) is 6.11. The van der Waals surface area contributed by atoms with Crippen LogP contribution in [0.2, 0.25) is 0 Å². The molecule has 0 fully saturated rings. The molecule has 0 radical (unpaired) electrons. The molecule has 9 heteroatoms. The molecule has 146 valence electrons.